The smallest absolute Gasteiger partial charge is 0.113 e. The normalized spacial score (nSPS) is 30.2. The number of hydrogen-bond acceptors (Lipinski definition) is 4. The van der Waals surface area contributed by atoms with Gasteiger partial charge in [-0.2, -0.15) is 0 Å². The lowest BCUT2D eigenvalue weighted by molar-refractivity contribution is 0.134. The van der Waals surface area contributed by atoms with Crippen LogP contribution in [0.1, 0.15) is 44.0 Å². The van der Waals surface area contributed by atoms with E-state index in [9.17, 15) is 0 Å². The van der Waals surface area contributed by atoms with E-state index in [1.54, 1.807) is 17.5 Å². The molecule has 2 bridgehead atoms. The zero-order chi connectivity index (χ0) is 13.2. The van der Waals surface area contributed by atoms with Gasteiger partial charge in [-0.3, -0.25) is 4.90 Å². The lowest BCUT2D eigenvalue weighted by Crippen LogP contribution is -2.48. The van der Waals surface area contributed by atoms with Crippen LogP contribution in [-0.2, 0) is 6.54 Å². The molecule has 0 aliphatic carbocycles. The molecule has 2 fully saturated rings. The molecule has 1 aromatic rings. The number of rotatable bonds is 5. The second-order valence-electron chi connectivity index (χ2n) is 5.79. The van der Waals surface area contributed by atoms with Crippen LogP contribution in [0, 0.1) is 0 Å². The summed E-state index contributed by atoms with van der Waals surface area (Å²) in [5, 5.41) is 4.88. The number of nitrogens with zero attached hydrogens (tertiary/aromatic N) is 2. The third-order valence-corrected chi connectivity index (χ3v) is 5.44. The number of nitrogens with one attached hydrogen (secondary N) is 1. The molecule has 2 unspecified atom stereocenters. The predicted octanol–water partition coefficient (Wildman–Crippen LogP) is 3.29. The molecule has 5 heteroatoms. The van der Waals surface area contributed by atoms with Gasteiger partial charge in [0.25, 0.3) is 0 Å². The van der Waals surface area contributed by atoms with Crippen molar-refractivity contribution < 1.29 is 0 Å². The fourth-order valence-corrected chi connectivity index (χ4v) is 4.52. The maximum absolute atomic E-state index is 5.99. The van der Waals surface area contributed by atoms with Crippen molar-refractivity contribution in [3.63, 3.8) is 0 Å². The molecule has 0 aromatic carbocycles. The number of thiazole rings is 1. The molecule has 0 saturated carbocycles. The van der Waals surface area contributed by atoms with E-state index < -0.39 is 0 Å². The Hall–Kier alpha value is -0.160. The first kappa shape index (κ1) is 13.8. The first-order valence-electron chi connectivity index (χ1n) is 7.35. The minimum Gasteiger partial charge on any atom is -0.311 e. The van der Waals surface area contributed by atoms with Crippen LogP contribution in [0.4, 0.5) is 0 Å². The van der Waals surface area contributed by atoms with Gasteiger partial charge in [-0.05, 0) is 38.6 Å². The molecule has 0 amide bonds. The van der Waals surface area contributed by atoms with Crippen LogP contribution in [0.15, 0.2) is 6.20 Å². The average Bonchev–Trinajstić information content (AvgIpc) is 2.95. The molecular formula is C14H22ClN3S. The van der Waals surface area contributed by atoms with E-state index in [1.165, 1.54) is 38.6 Å². The van der Waals surface area contributed by atoms with E-state index >= 15 is 0 Å². The Balaban J connectivity index is 1.66. The summed E-state index contributed by atoms with van der Waals surface area (Å²) in [6, 6.07) is 2.23. The zero-order valence-electron chi connectivity index (χ0n) is 11.4. The molecule has 0 radical (unpaired) electrons. The van der Waals surface area contributed by atoms with Crippen LogP contribution in [0.25, 0.3) is 0 Å². The quantitative estimate of drug-likeness (QED) is 0.904. The Morgan fingerprint density at radius 3 is 2.74 bits per heavy atom. The molecule has 3 rings (SSSR count). The fourth-order valence-electron chi connectivity index (χ4n) is 3.54. The maximum atomic E-state index is 5.99. The van der Waals surface area contributed by atoms with Gasteiger partial charge in [0.05, 0.1) is 12.7 Å². The van der Waals surface area contributed by atoms with Gasteiger partial charge in [-0.25, -0.2) is 4.98 Å². The molecule has 2 aliphatic rings. The molecule has 106 valence electrons. The first-order chi connectivity index (χ1) is 9.24. The van der Waals surface area contributed by atoms with Crippen molar-refractivity contribution in [1.82, 2.24) is 15.2 Å². The number of aromatic nitrogens is 1. The highest BCUT2D eigenvalue weighted by Gasteiger charge is 2.35. The van der Waals surface area contributed by atoms with E-state index in [-0.39, 0.29) is 0 Å². The average molecular weight is 300 g/mol. The van der Waals surface area contributed by atoms with Crippen LogP contribution < -0.4 is 5.32 Å². The highest BCUT2D eigenvalue weighted by molar-refractivity contribution is 7.15. The van der Waals surface area contributed by atoms with Gasteiger partial charge in [-0.1, -0.05) is 18.5 Å². The summed E-state index contributed by atoms with van der Waals surface area (Å²) in [6.45, 7) is 4.40. The summed E-state index contributed by atoms with van der Waals surface area (Å²) < 4.78 is 0.803. The number of hydrogen-bond donors (Lipinski definition) is 1. The largest absolute Gasteiger partial charge is 0.311 e. The Labute approximate surface area is 124 Å². The number of piperidine rings is 1. The van der Waals surface area contributed by atoms with Crippen LogP contribution >= 0.6 is 22.9 Å². The Morgan fingerprint density at radius 2 is 2.16 bits per heavy atom. The third-order valence-electron chi connectivity index (χ3n) is 4.34. The van der Waals surface area contributed by atoms with Gasteiger partial charge in [0.2, 0.25) is 0 Å². The van der Waals surface area contributed by atoms with Gasteiger partial charge >= 0.3 is 0 Å². The van der Waals surface area contributed by atoms with E-state index in [4.69, 9.17) is 11.6 Å². The van der Waals surface area contributed by atoms with Crippen molar-refractivity contribution in [2.75, 3.05) is 6.54 Å². The van der Waals surface area contributed by atoms with Crippen molar-refractivity contribution >= 4 is 22.9 Å². The summed E-state index contributed by atoms with van der Waals surface area (Å²) in [5.41, 5.74) is 0. The minimum absolute atomic E-state index is 0.723. The standard InChI is InChI=1S/C14H22ClN3S/c1-2-5-18(9-14-16-8-13(15)19-14)12-6-10-3-4-11(7-12)17-10/h8,10-12,17H,2-7,9H2,1H3. The van der Waals surface area contributed by atoms with Gasteiger partial charge < -0.3 is 5.32 Å². The summed E-state index contributed by atoms with van der Waals surface area (Å²) in [6.07, 6.45) is 8.32. The van der Waals surface area contributed by atoms with Crippen LogP contribution in [-0.4, -0.2) is 34.6 Å². The first-order valence-corrected chi connectivity index (χ1v) is 8.54. The molecule has 2 saturated heterocycles. The zero-order valence-corrected chi connectivity index (χ0v) is 13.0. The highest BCUT2D eigenvalue weighted by atomic mass is 35.5. The van der Waals surface area contributed by atoms with Gasteiger partial charge in [0, 0.05) is 18.1 Å². The Bertz CT molecular complexity index is 411. The van der Waals surface area contributed by atoms with Gasteiger partial charge in [0.1, 0.15) is 9.34 Å². The monoisotopic (exact) mass is 299 g/mol. The molecule has 3 nitrogen and oxygen atoms in total. The SMILES string of the molecule is CCCN(Cc1ncc(Cl)s1)C1CC2CCC(C1)N2. The molecular weight excluding hydrogens is 278 g/mol. The molecule has 1 aromatic heterocycles. The van der Waals surface area contributed by atoms with Crippen molar-refractivity contribution in [3.05, 3.63) is 15.5 Å². The Kier molecular flexibility index (Phi) is 4.42. The topological polar surface area (TPSA) is 28.2 Å². The molecule has 2 aliphatic heterocycles. The summed E-state index contributed by atoms with van der Waals surface area (Å²) in [7, 11) is 0. The van der Waals surface area contributed by atoms with E-state index in [1.807, 2.05) is 0 Å². The van der Waals surface area contributed by atoms with Crippen molar-refractivity contribution in [2.45, 2.75) is 63.7 Å². The summed E-state index contributed by atoms with van der Waals surface area (Å²) >= 11 is 7.61. The summed E-state index contributed by atoms with van der Waals surface area (Å²) in [4.78, 5) is 7.04. The van der Waals surface area contributed by atoms with E-state index in [2.05, 4.69) is 22.1 Å². The highest BCUT2D eigenvalue weighted by Crippen LogP contribution is 2.31. The van der Waals surface area contributed by atoms with Crippen molar-refractivity contribution in [1.29, 1.82) is 0 Å². The second kappa shape index (κ2) is 6.08. The van der Waals surface area contributed by atoms with Gasteiger partial charge in [0.15, 0.2) is 0 Å². The summed E-state index contributed by atoms with van der Waals surface area (Å²) in [5.74, 6) is 0. The predicted molar refractivity (Wildman–Crippen MR) is 80.8 cm³/mol. The van der Waals surface area contributed by atoms with Crippen LogP contribution in [0.2, 0.25) is 4.34 Å². The maximum Gasteiger partial charge on any atom is 0.113 e. The third kappa shape index (κ3) is 3.30. The fraction of sp³-hybridized carbons (Fsp3) is 0.786. The molecule has 0 spiro atoms. The van der Waals surface area contributed by atoms with E-state index in [0.717, 1.165) is 34.0 Å². The van der Waals surface area contributed by atoms with Gasteiger partial charge in [-0.15, -0.1) is 11.3 Å². The van der Waals surface area contributed by atoms with E-state index in [0.29, 0.717) is 0 Å². The minimum atomic E-state index is 0.723. The van der Waals surface area contributed by atoms with Crippen LogP contribution in [0.3, 0.4) is 0 Å². The number of fused-ring (bicyclic) bond motifs is 2. The molecule has 1 N–H and O–H groups in total. The van der Waals surface area contributed by atoms with Crippen molar-refractivity contribution in [2.24, 2.45) is 0 Å². The lowest BCUT2D eigenvalue weighted by atomic mass is 9.98. The molecule has 3 heterocycles. The lowest BCUT2D eigenvalue weighted by Gasteiger charge is -2.37. The van der Waals surface area contributed by atoms with Crippen LogP contribution in [0.5, 0.6) is 0 Å². The molecule has 2 atom stereocenters. The second-order valence-corrected chi connectivity index (χ2v) is 7.54. The Morgan fingerprint density at radius 1 is 1.42 bits per heavy atom. The number of halogens is 1. The van der Waals surface area contributed by atoms with Crippen molar-refractivity contribution in [3.8, 4) is 0 Å². The molecule has 19 heavy (non-hydrogen) atoms.